The number of ketones is 1. The number of carbonyl (C=O) groups excluding carboxylic acids is 1. The molecule has 30 heavy (non-hydrogen) atoms. The Hall–Kier alpha value is -1.50. The van der Waals surface area contributed by atoms with E-state index in [-0.39, 0.29) is 41.0 Å². The number of aliphatic hydroxyl groups is 3. The smallest absolute Gasteiger partial charge is 0.335 e. The second-order valence-electron chi connectivity index (χ2n) is 10.8. The van der Waals surface area contributed by atoms with E-state index in [9.17, 15) is 24.9 Å². The Labute approximate surface area is 176 Å². The summed E-state index contributed by atoms with van der Waals surface area (Å²) >= 11 is 0. The maximum Gasteiger partial charge on any atom is 0.335 e. The predicted octanol–water partition coefficient (Wildman–Crippen LogP) is 2.39. The van der Waals surface area contributed by atoms with E-state index in [4.69, 9.17) is 4.42 Å². The highest BCUT2D eigenvalue weighted by Gasteiger charge is 2.73. The van der Waals surface area contributed by atoms with E-state index in [0.717, 1.165) is 24.8 Å². The average Bonchev–Trinajstić information content (AvgIpc) is 3.00. The van der Waals surface area contributed by atoms with E-state index in [1.54, 1.807) is 13.0 Å². The Kier molecular flexibility index (Phi) is 4.42. The summed E-state index contributed by atoms with van der Waals surface area (Å²) in [5, 5.41) is 33.7. The highest BCUT2D eigenvalue weighted by Crippen LogP contribution is 2.69. The maximum atomic E-state index is 13.8. The van der Waals surface area contributed by atoms with Crippen LogP contribution in [0.3, 0.4) is 0 Å². The van der Waals surface area contributed by atoms with Crippen molar-refractivity contribution in [3.63, 3.8) is 0 Å². The van der Waals surface area contributed by atoms with Crippen LogP contribution in [0.25, 0.3) is 0 Å². The molecular weight excluding hydrogens is 384 g/mol. The fourth-order valence-corrected chi connectivity index (χ4v) is 8.13. The number of hydrogen-bond donors (Lipinski definition) is 3. The first-order valence-corrected chi connectivity index (χ1v) is 11.3. The third-order valence-electron chi connectivity index (χ3n) is 9.80. The van der Waals surface area contributed by atoms with Crippen LogP contribution in [0, 0.1) is 28.6 Å². The van der Waals surface area contributed by atoms with Crippen molar-refractivity contribution >= 4 is 5.78 Å². The summed E-state index contributed by atoms with van der Waals surface area (Å²) in [6.45, 7) is 3.96. The first-order valence-electron chi connectivity index (χ1n) is 11.3. The molecule has 0 spiro atoms. The molecule has 0 aliphatic heterocycles. The number of rotatable bonds is 1. The van der Waals surface area contributed by atoms with Crippen LogP contribution in [0.4, 0.5) is 0 Å². The van der Waals surface area contributed by atoms with Crippen molar-refractivity contribution < 1.29 is 24.5 Å². The minimum atomic E-state index is -1.20. The number of carbonyl (C=O) groups is 1. The Morgan fingerprint density at radius 2 is 1.80 bits per heavy atom. The summed E-state index contributed by atoms with van der Waals surface area (Å²) in [5.74, 6) is -0.769. The third kappa shape index (κ3) is 2.41. The van der Waals surface area contributed by atoms with Gasteiger partial charge in [0.1, 0.15) is 6.10 Å². The molecule has 0 amide bonds. The van der Waals surface area contributed by atoms with Crippen LogP contribution in [0.1, 0.15) is 70.3 Å². The number of hydrogen-bond acceptors (Lipinski definition) is 6. The van der Waals surface area contributed by atoms with Gasteiger partial charge in [-0.1, -0.05) is 6.92 Å². The first-order chi connectivity index (χ1) is 14.1. The van der Waals surface area contributed by atoms with Gasteiger partial charge in [-0.2, -0.15) is 0 Å². The lowest BCUT2D eigenvalue weighted by Crippen LogP contribution is -2.70. The van der Waals surface area contributed by atoms with Crippen LogP contribution in [-0.2, 0) is 4.79 Å². The number of Topliss-reactive ketones (excluding diaryl/α,β-unsaturated/α-hetero) is 1. The molecule has 1 aromatic rings. The van der Waals surface area contributed by atoms with E-state index < -0.39 is 22.7 Å². The summed E-state index contributed by atoms with van der Waals surface area (Å²) in [5.41, 5.74) is -2.29. The van der Waals surface area contributed by atoms with E-state index in [0.29, 0.717) is 25.7 Å². The largest absolute Gasteiger partial charge is 0.431 e. The van der Waals surface area contributed by atoms with Gasteiger partial charge in [0.2, 0.25) is 0 Å². The lowest BCUT2D eigenvalue weighted by molar-refractivity contribution is -0.228. The van der Waals surface area contributed by atoms with Gasteiger partial charge in [-0.3, -0.25) is 4.79 Å². The van der Waals surface area contributed by atoms with Crippen molar-refractivity contribution in [2.45, 2.75) is 82.5 Å². The molecule has 0 radical (unpaired) electrons. The molecule has 0 bridgehead atoms. The summed E-state index contributed by atoms with van der Waals surface area (Å²) < 4.78 is 5.06. The lowest BCUT2D eigenvalue weighted by atomic mass is 9.42. The van der Waals surface area contributed by atoms with E-state index >= 15 is 0 Å². The van der Waals surface area contributed by atoms with E-state index in [1.807, 2.05) is 0 Å². The second-order valence-corrected chi connectivity index (χ2v) is 10.8. The molecule has 3 N–H and O–H groups in total. The maximum absolute atomic E-state index is 13.8. The average molecular weight is 417 g/mol. The summed E-state index contributed by atoms with van der Waals surface area (Å²) in [6, 6.07) is 3.03. The second kappa shape index (κ2) is 6.50. The van der Waals surface area contributed by atoms with Crippen LogP contribution < -0.4 is 5.63 Å². The molecular formula is C24H32O6. The Bertz CT molecular complexity index is 904. The van der Waals surface area contributed by atoms with Crippen molar-refractivity contribution in [1.29, 1.82) is 0 Å². The molecule has 6 heteroatoms. The molecule has 1 heterocycles. The quantitative estimate of drug-likeness (QED) is 0.649. The van der Waals surface area contributed by atoms with Gasteiger partial charge in [-0.15, -0.1) is 0 Å². The molecule has 1 unspecified atom stereocenters. The Morgan fingerprint density at radius 1 is 1.03 bits per heavy atom. The van der Waals surface area contributed by atoms with Gasteiger partial charge >= 0.3 is 5.63 Å². The SMILES string of the molecule is C[C@@]12CC[C@@H](O)C[C@@H]1CC[C@H]1C2[C@@H](O)C(=O)[C@@]2(C)[C@H](c3ccc(=O)oc3)CC[C@@]12O. The fraction of sp³-hybridized carbons (Fsp3) is 0.750. The minimum Gasteiger partial charge on any atom is -0.431 e. The molecule has 4 aliphatic carbocycles. The lowest BCUT2D eigenvalue weighted by Gasteiger charge is -2.64. The molecule has 4 aliphatic rings. The van der Waals surface area contributed by atoms with Crippen molar-refractivity contribution in [1.82, 2.24) is 0 Å². The summed E-state index contributed by atoms with van der Waals surface area (Å²) in [6.07, 6.45) is 4.88. The van der Waals surface area contributed by atoms with Gasteiger partial charge in [-0.05, 0) is 80.8 Å². The molecule has 6 nitrogen and oxygen atoms in total. The van der Waals surface area contributed by atoms with Gasteiger partial charge in [0.05, 0.1) is 23.4 Å². The van der Waals surface area contributed by atoms with Crippen molar-refractivity contribution in [3.8, 4) is 0 Å². The Morgan fingerprint density at radius 3 is 2.50 bits per heavy atom. The van der Waals surface area contributed by atoms with Crippen molar-refractivity contribution in [2.24, 2.45) is 28.6 Å². The van der Waals surface area contributed by atoms with Gasteiger partial charge in [0.25, 0.3) is 0 Å². The van der Waals surface area contributed by atoms with Crippen LogP contribution in [0.5, 0.6) is 0 Å². The third-order valence-corrected chi connectivity index (χ3v) is 9.80. The fourth-order valence-electron chi connectivity index (χ4n) is 8.13. The van der Waals surface area contributed by atoms with Crippen LogP contribution in [0.2, 0.25) is 0 Å². The number of aliphatic hydroxyl groups excluding tert-OH is 2. The first kappa shape index (κ1) is 20.4. The summed E-state index contributed by atoms with van der Waals surface area (Å²) in [7, 11) is 0. The molecule has 9 atom stereocenters. The molecule has 0 aromatic carbocycles. The molecule has 1 aromatic heterocycles. The molecule has 0 saturated heterocycles. The van der Waals surface area contributed by atoms with Gasteiger partial charge in [0.15, 0.2) is 5.78 Å². The Balaban J connectivity index is 1.58. The monoisotopic (exact) mass is 416 g/mol. The van der Waals surface area contributed by atoms with Gasteiger partial charge in [0, 0.05) is 17.9 Å². The number of fused-ring (bicyclic) bond motifs is 5. The highest BCUT2D eigenvalue weighted by atomic mass is 16.4. The van der Waals surface area contributed by atoms with Crippen LogP contribution in [0.15, 0.2) is 27.6 Å². The highest BCUT2D eigenvalue weighted by molar-refractivity contribution is 5.93. The zero-order chi connectivity index (χ0) is 21.5. The van der Waals surface area contributed by atoms with Crippen LogP contribution in [-0.4, -0.2) is 38.9 Å². The standard InChI is InChI=1S/C24H32O6/c1-22-9-7-15(25)11-14(22)4-5-17-19(22)20(27)21(28)23(2)16(8-10-24(17,23)29)13-3-6-18(26)30-12-13/h3,6,12,14-17,19-20,25,27,29H,4-5,7-11H2,1-2H3/t14-,15+,16-,17-,19?,20+,22+,23+,24+/m0/s1. The van der Waals surface area contributed by atoms with E-state index in [2.05, 4.69) is 6.92 Å². The van der Waals surface area contributed by atoms with Gasteiger partial charge in [-0.25, -0.2) is 4.79 Å². The van der Waals surface area contributed by atoms with Crippen molar-refractivity contribution in [3.05, 3.63) is 34.4 Å². The van der Waals surface area contributed by atoms with Crippen LogP contribution >= 0.6 is 0 Å². The van der Waals surface area contributed by atoms with E-state index in [1.165, 1.54) is 12.3 Å². The van der Waals surface area contributed by atoms with Crippen molar-refractivity contribution in [2.75, 3.05) is 0 Å². The normalized spacial score (nSPS) is 50.5. The predicted molar refractivity (Wildman–Crippen MR) is 109 cm³/mol. The van der Waals surface area contributed by atoms with Gasteiger partial charge < -0.3 is 19.7 Å². The molecule has 164 valence electrons. The summed E-state index contributed by atoms with van der Waals surface area (Å²) in [4.78, 5) is 25.2. The molecule has 5 rings (SSSR count). The topological polar surface area (TPSA) is 108 Å². The zero-order valence-corrected chi connectivity index (χ0v) is 17.7. The minimum absolute atomic E-state index is 0.160. The zero-order valence-electron chi connectivity index (χ0n) is 17.7. The molecule has 4 saturated carbocycles. The molecule has 4 fully saturated rings.